The summed E-state index contributed by atoms with van der Waals surface area (Å²) in [5.41, 5.74) is 0.980. The molecular formula is C21H27F6N3O7. The highest BCUT2D eigenvalue weighted by Crippen LogP contribution is 2.30. The summed E-state index contributed by atoms with van der Waals surface area (Å²) in [6, 6.07) is 6.03. The van der Waals surface area contributed by atoms with E-state index in [1.165, 1.54) is 0 Å². The number of methoxy groups -OCH3 is 1. The van der Waals surface area contributed by atoms with E-state index in [1.807, 2.05) is 23.2 Å². The summed E-state index contributed by atoms with van der Waals surface area (Å²) in [5, 5.41) is 14.2. The van der Waals surface area contributed by atoms with E-state index in [9.17, 15) is 31.1 Å². The van der Waals surface area contributed by atoms with E-state index in [0.717, 1.165) is 57.9 Å². The van der Waals surface area contributed by atoms with Gasteiger partial charge in [-0.05, 0) is 25.0 Å². The van der Waals surface area contributed by atoms with Crippen molar-refractivity contribution in [3.63, 3.8) is 0 Å². The smallest absolute Gasteiger partial charge is 0.475 e. The molecule has 0 saturated carbocycles. The molecule has 16 heteroatoms. The molecule has 0 aliphatic carbocycles. The van der Waals surface area contributed by atoms with Crippen LogP contribution in [0.2, 0.25) is 0 Å². The first-order valence-electron chi connectivity index (χ1n) is 10.7. The van der Waals surface area contributed by atoms with Gasteiger partial charge in [0.1, 0.15) is 6.61 Å². The Balaban J connectivity index is 0.000000404. The van der Waals surface area contributed by atoms with Crippen molar-refractivity contribution in [1.29, 1.82) is 0 Å². The number of carboxylic acid groups (broad SMARTS) is 2. The maximum absolute atomic E-state index is 11.9. The second-order valence-electron chi connectivity index (χ2n) is 7.98. The van der Waals surface area contributed by atoms with Gasteiger partial charge in [0, 0.05) is 46.0 Å². The number of amides is 1. The van der Waals surface area contributed by atoms with Crippen LogP contribution >= 0.6 is 0 Å². The summed E-state index contributed by atoms with van der Waals surface area (Å²) < 4.78 is 74.5. The van der Waals surface area contributed by atoms with E-state index < -0.39 is 24.3 Å². The maximum Gasteiger partial charge on any atom is 0.490 e. The van der Waals surface area contributed by atoms with Gasteiger partial charge in [0.05, 0.1) is 17.9 Å². The Kier molecular flexibility index (Phi) is 12.2. The predicted molar refractivity (Wildman–Crippen MR) is 113 cm³/mol. The zero-order valence-corrected chi connectivity index (χ0v) is 19.7. The van der Waals surface area contributed by atoms with Gasteiger partial charge in [-0.1, -0.05) is 6.07 Å². The van der Waals surface area contributed by atoms with Crippen molar-refractivity contribution >= 4 is 17.8 Å². The highest BCUT2D eigenvalue weighted by atomic mass is 19.4. The van der Waals surface area contributed by atoms with Crippen molar-refractivity contribution < 1.29 is 60.4 Å². The van der Waals surface area contributed by atoms with Crippen molar-refractivity contribution in [2.45, 2.75) is 37.3 Å². The van der Waals surface area contributed by atoms with Crippen LogP contribution in [0.25, 0.3) is 0 Å². The van der Waals surface area contributed by atoms with Crippen molar-refractivity contribution in [2.75, 3.05) is 46.5 Å². The number of carbonyl (C=O) groups is 3. The number of ether oxygens (including phenoxy) is 2. The molecule has 0 bridgehead atoms. The molecule has 0 unspecified atom stereocenters. The van der Waals surface area contributed by atoms with Crippen LogP contribution < -0.4 is 0 Å². The first-order chi connectivity index (χ1) is 17.1. The fraction of sp³-hybridized carbons (Fsp3) is 0.619. The number of pyridine rings is 1. The molecule has 1 amide bonds. The third-order valence-corrected chi connectivity index (χ3v) is 5.22. The third kappa shape index (κ3) is 11.7. The largest absolute Gasteiger partial charge is 0.490 e. The van der Waals surface area contributed by atoms with Crippen LogP contribution in [0.5, 0.6) is 0 Å². The van der Waals surface area contributed by atoms with Crippen LogP contribution in [0, 0.1) is 0 Å². The minimum absolute atomic E-state index is 0.0727. The predicted octanol–water partition coefficient (Wildman–Crippen LogP) is 2.19. The average Bonchev–Trinajstić information content (AvgIpc) is 2.80. The average molecular weight is 547 g/mol. The number of piperidine rings is 1. The van der Waals surface area contributed by atoms with Crippen LogP contribution in [-0.4, -0.2) is 107 Å². The van der Waals surface area contributed by atoms with E-state index in [0.29, 0.717) is 0 Å². The van der Waals surface area contributed by atoms with Crippen molar-refractivity contribution in [3.05, 3.63) is 30.1 Å². The zero-order valence-electron chi connectivity index (χ0n) is 19.7. The van der Waals surface area contributed by atoms with E-state index in [2.05, 4.69) is 16.0 Å². The molecule has 2 N–H and O–H groups in total. The summed E-state index contributed by atoms with van der Waals surface area (Å²) >= 11 is 0. The lowest BCUT2D eigenvalue weighted by molar-refractivity contribution is -0.193. The number of aliphatic carboxylic acids is 2. The van der Waals surface area contributed by atoms with Gasteiger partial charge in [0.25, 0.3) is 0 Å². The number of hydrogen-bond donors (Lipinski definition) is 2. The Morgan fingerprint density at radius 2 is 1.57 bits per heavy atom. The quantitative estimate of drug-likeness (QED) is 0.545. The van der Waals surface area contributed by atoms with Gasteiger partial charge in [-0.3, -0.25) is 14.7 Å². The van der Waals surface area contributed by atoms with Gasteiger partial charge in [-0.15, -0.1) is 0 Å². The summed E-state index contributed by atoms with van der Waals surface area (Å²) in [6.45, 7) is 5.12. The van der Waals surface area contributed by atoms with E-state index in [1.54, 1.807) is 7.11 Å². The lowest BCUT2D eigenvalue weighted by Crippen LogP contribution is -2.57. The van der Waals surface area contributed by atoms with Crippen molar-refractivity contribution in [3.8, 4) is 0 Å². The zero-order chi connectivity index (χ0) is 28.3. The summed E-state index contributed by atoms with van der Waals surface area (Å²) in [5.74, 6) is -5.44. The molecule has 3 rings (SSSR count). The number of halogens is 6. The molecule has 1 spiro atoms. The van der Waals surface area contributed by atoms with Crippen LogP contribution in [0.4, 0.5) is 26.3 Å². The first kappa shape index (κ1) is 32.0. The summed E-state index contributed by atoms with van der Waals surface area (Å²) in [7, 11) is 1.56. The first-order valence-corrected chi connectivity index (χ1v) is 10.7. The SMILES string of the molecule is COCC(=O)N1CCC2(CC1)CN(Cc1ccccn1)CCO2.O=C(O)C(F)(F)F.O=C(O)C(F)(F)F. The fourth-order valence-corrected chi connectivity index (χ4v) is 3.46. The van der Waals surface area contributed by atoms with Gasteiger partial charge < -0.3 is 24.6 Å². The number of rotatable bonds is 4. The third-order valence-electron chi connectivity index (χ3n) is 5.22. The molecule has 0 radical (unpaired) electrons. The fourth-order valence-electron chi connectivity index (χ4n) is 3.46. The van der Waals surface area contributed by atoms with Gasteiger partial charge in [0.2, 0.25) is 5.91 Å². The molecule has 2 saturated heterocycles. The van der Waals surface area contributed by atoms with Gasteiger partial charge in [0.15, 0.2) is 0 Å². The van der Waals surface area contributed by atoms with Crippen molar-refractivity contribution in [2.24, 2.45) is 0 Å². The monoisotopic (exact) mass is 547 g/mol. The number of likely N-dealkylation sites (tertiary alicyclic amines) is 1. The number of hydrogen-bond acceptors (Lipinski definition) is 7. The number of alkyl halides is 6. The van der Waals surface area contributed by atoms with E-state index in [-0.39, 0.29) is 18.1 Å². The molecule has 1 aromatic rings. The van der Waals surface area contributed by atoms with E-state index >= 15 is 0 Å². The maximum atomic E-state index is 11.9. The molecule has 2 aliphatic heterocycles. The standard InChI is InChI=1S/C17H25N3O3.2C2HF3O2/c1-22-13-16(21)20-8-5-17(6-9-20)14-19(10-11-23-17)12-15-4-2-3-7-18-15;2*3-2(4,5)1(6)7/h2-4,7H,5-6,8-14H2,1H3;2*(H,6,7). The van der Waals surface area contributed by atoms with Crippen LogP contribution in [0.1, 0.15) is 18.5 Å². The van der Waals surface area contributed by atoms with Crippen molar-refractivity contribution in [1.82, 2.24) is 14.8 Å². The number of aromatic nitrogens is 1. The molecule has 1 aromatic heterocycles. The molecule has 3 heterocycles. The molecular weight excluding hydrogens is 520 g/mol. The number of carboxylic acids is 2. The minimum Gasteiger partial charge on any atom is -0.475 e. The second kappa shape index (κ2) is 14.1. The molecule has 2 aliphatic rings. The number of nitrogens with zero attached hydrogens (tertiary/aromatic N) is 3. The topological polar surface area (TPSA) is 130 Å². The minimum atomic E-state index is -5.08. The Morgan fingerprint density at radius 3 is 2.00 bits per heavy atom. The highest BCUT2D eigenvalue weighted by molar-refractivity contribution is 5.77. The van der Waals surface area contributed by atoms with Crippen LogP contribution in [0.3, 0.4) is 0 Å². The lowest BCUT2D eigenvalue weighted by Gasteiger charge is -2.47. The van der Waals surface area contributed by atoms with Gasteiger partial charge in [-0.2, -0.15) is 26.3 Å². The Labute approximate surface area is 207 Å². The molecule has 2 fully saturated rings. The summed E-state index contributed by atoms with van der Waals surface area (Å²) in [6.07, 6.45) is -6.55. The Hall–Kier alpha value is -2.98. The highest BCUT2D eigenvalue weighted by Gasteiger charge is 2.41. The second-order valence-corrected chi connectivity index (χ2v) is 7.98. The number of carbonyl (C=O) groups excluding carboxylic acids is 1. The normalized spacial score (nSPS) is 17.6. The molecule has 37 heavy (non-hydrogen) atoms. The molecule has 210 valence electrons. The lowest BCUT2D eigenvalue weighted by atomic mass is 9.89. The number of morpholine rings is 1. The Morgan fingerprint density at radius 1 is 1.03 bits per heavy atom. The van der Waals surface area contributed by atoms with Gasteiger partial charge in [-0.25, -0.2) is 9.59 Å². The molecule has 10 nitrogen and oxygen atoms in total. The van der Waals surface area contributed by atoms with Gasteiger partial charge >= 0.3 is 24.3 Å². The van der Waals surface area contributed by atoms with E-state index in [4.69, 9.17) is 29.3 Å². The molecule has 0 aromatic carbocycles. The Bertz CT molecular complexity index is 852. The van der Waals surface area contributed by atoms with Crippen LogP contribution in [0.15, 0.2) is 24.4 Å². The summed E-state index contributed by atoms with van der Waals surface area (Å²) in [4.78, 5) is 38.4. The molecule has 0 atom stereocenters. The van der Waals surface area contributed by atoms with Crippen LogP contribution in [-0.2, 0) is 30.4 Å².